The van der Waals surface area contributed by atoms with Crippen molar-refractivity contribution in [1.82, 2.24) is 9.62 Å². The van der Waals surface area contributed by atoms with E-state index in [1.165, 1.54) is 4.31 Å². The van der Waals surface area contributed by atoms with Crippen LogP contribution < -0.4 is 16.2 Å². The zero-order valence-electron chi connectivity index (χ0n) is 12.1. The first-order chi connectivity index (χ1) is 9.36. The van der Waals surface area contributed by atoms with Crippen LogP contribution in [-0.4, -0.2) is 43.8 Å². The normalized spacial score (nSPS) is 23.5. The van der Waals surface area contributed by atoms with E-state index >= 15 is 0 Å². The van der Waals surface area contributed by atoms with Gasteiger partial charge in [-0.1, -0.05) is 12.8 Å². The van der Waals surface area contributed by atoms with Crippen molar-refractivity contribution < 1.29 is 13.2 Å². The monoisotopic (exact) mass is 340 g/mol. The number of nitrogens with zero attached hydrogens (tertiary/aromatic N) is 1. The van der Waals surface area contributed by atoms with Crippen molar-refractivity contribution in [3.63, 3.8) is 0 Å². The fraction of sp³-hybridized carbons (Fsp3) is 0.917. The molecule has 1 heterocycles. The van der Waals surface area contributed by atoms with Crippen LogP contribution in [0.15, 0.2) is 0 Å². The zero-order chi connectivity index (χ0) is 14.8. The van der Waals surface area contributed by atoms with Gasteiger partial charge in [0.2, 0.25) is 5.91 Å². The van der Waals surface area contributed by atoms with Crippen LogP contribution in [-0.2, 0) is 15.0 Å². The van der Waals surface area contributed by atoms with E-state index in [1.807, 2.05) is 0 Å². The van der Waals surface area contributed by atoms with Crippen molar-refractivity contribution in [2.75, 3.05) is 19.6 Å². The average molecular weight is 341 g/mol. The highest BCUT2D eigenvalue weighted by atomic mass is 35.5. The summed E-state index contributed by atoms with van der Waals surface area (Å²) in [5, 5.41) is 8.19. The molecule has 9 heteroatoms. The van der Waals surface area contributed by atoms with Crippen LogP contribution in [0.25, 0.3) is 0 Å². The van der Waals surface area contributed by atoms with Crippen LogP contribution >= 0.6 is 12.4 Å². The lowest BCUT2D eigenvalue weighted by Gasteiger charge is -2.34. The number of rotatable bonds is 4. The summed E-state index contributed by atoms with van der Waals surface area (Å²) in [5.41, 5.74) is 5.57. The highest BCUT2D eigenvalue weighted by Gasteiger charge is 2.37. The van der Waals surface area contributed by atoms with Crippen molar-refractivity contribution in [2.24, 2.45) is 16.8 Å². The number of hydrogen-bond donors (Lipinski definition) is 3. The van der Waals surface area contributed by atoms with Gasteiger partial charge in [-0.25, -0.2) is 5.14 Å². The zero-order valence-corrected chi connectivity index (χ0v) is 13.7. The summed E-state index contributed by atoms with van der Waals surface area (Å²) in [7, 11) is -3.63. The van der Waals surface area contributed by atoms with Gasteiger partial charge in [0.15, 0.2) is 0 Å². The first-order valence-electron chi connectivity index (χ1n) is 7.16. The Morgan fingerprint density at radius 1 is 1.24 bits per heavy atom. The number of nitrogens with two attached hydrogens (primary N) is 2. The topological polar surface area (TPSA) is 119 Å². The molecule has 0 aromatic carbocycles. The van der Waals surface area contributed by atoms with E-state index in [0.29, 0.717) is 32.5 Å². The first kappa shape index (κ1) is 18.6. The molecular weight excluding hydrogens is 316 g/mol. The van der Waals surface area contributed by atoms with Crippen molar-refractivity contribution >= 4 is 28.5 Å². The fourth-order valence-electron chi connectivity index (χ4n) is 3.17. The minimum Gasteiger partial charge on any atom is -0.349 e. The summed E-state index contributed by atoms with van der Waals surface area (Å²) in [6.45, 7) is 1.09. The number of amides is 1. The van der Waals surface area contributed by atoms with Crippen molar-refractivity contribution in [3.05, 3.63) is 0 Å². The largest absolute Gasteiger partial charge is 0.349 e. The van der Waals surface area contributed by atoms with Gasteiger partial charge in [-0.05, 0) is 25.7 Å². The van der Waals surface area contributed by atoms with Gasteiger partial charge in [0.25, 0.3) is 10.2 Å². The third-order valence-corrected chi connectivity index (χ3v) is 5.61. The third kappa shape index (κ3) is 4.53. The minimum absolute atomic E-state index is 0. The molecule has 5 N–H and O–H groups in total. The Hall–Kier alpha value is -0.410. The van der Waals surface area contributed by atoms with Gasteiger partial charge in [0.05, 0.1) is 5.54 Å². The lowest BCUT2D eigenvalue weighted by molar-refractivity contribution is -0.128. The molecule has 0 aromatic heterocycles. The Morgan fingerprint density at radius 3 is 2.19 bits per heavy atom. The van der Waals surface area contributed by atoms with Gasteiger partial charge in [-0.2, -0.15) is 12.7 Å². The van der Waals surface area contributed by atoms with Gasteiger partial charge in [-0.15, -0.1) is 12.4 Å². The Balaban J connectivity index is 0.00000220. The molecular formula is C12H25ClN4O3S. The van der Waals surface area contributed by atoms with Crippen LogP contribution in [0.4, 0.5) is 0 Å². The quantitative estimate of drug-likeness (QED) is 0.651. The van der Waals surface area contributed by atoms with Crippen molar-refractivity contribution in [3.8, 4) is 0 Å². The van der Waals surface area contributed by atoms with Gasteiger partial charge in [0, 0.05) is 25.6 Å². The molecule has 2 rings (SSSR count). The smallest absolute Gasteiger partial charge is 0.276 e. The lowest BCUT2D eigenvalue weighted by atomic mass is 9.93. The molecule has 21 heavy (non-hydrogen) atoms. The molecule has 0 spiro atoms. The molecule has 1 aliphatic carbocycles. The summed E-state index contributed by atoms with van der Waals surface area (Å²) in [6, 6.07) is 0. The summed E-state index contributed by atoms with van der Waals surface area (Å²) in [4.78, 5) is 12.3. The molecule has 124 valence electrons. The lowest BCUT2D eigenvalue weighted by Crippen LogP contribution is -2.54. The third-order valence-electron chi connectivity index (χ3n) is 4.52. The molecule has 7 nitrogen and oxygen atoms in total. The first-order valence-corrected chi connectivity index (χ1v) is 8.67. The molecule has 0 aromatic rings. The second-order valence-electron chi connectivity index (χ2n) is 5.90. The van der Waals surface area contributed by atoms with E-state index in [1.54, 1.807) is 0 Å². The Kier molecular flexibility index (Phi) is 6.42. The number of carbonyl (C=O) groups is 1. The highest BCUT2D eigenvalue weighted by Crippen LogP contribution is 2.29. The van der Waals surface area contributed by atoms with Crippen molar-refractivity contribution in [2.45, 2.75) is 44.1 Å². The minimum atomic E-state index is -3.63. The molecule has 0 unspecified atom stereocenters. The maximum Gasteiger partial charge on any atom is 0.276 e. The van der Waals surface area contributed by atoms with E-state index in [4.69, 9.17) is 10.9 Å². The van der Waals surface area contributed by atoms with Gasteiger partial charge in [0.1, 0.15) is 0 Å². The maximum atomic E-state index is 12.3. The van der Waals surface area contributed by atoms with Gasteiger partial charge >= 0.3 is 0 Å². The van der Waals surface area contributed by atoms with Crippen LogP contribution in [0.2, 0.25) is 0 Å². The van der Waals surface area contributed by atoms with Gasteiger partial charge < -0.3 is 11.1 Å². The highest BCUT2D eigenvalue weighted by molar-refractivity contribution is 7.86. The van der Waals surface area contributed by atoms with E-state index in [-0.39, 0.29) is 29.8 Å². The summed E-state index contributed by atoms with van der Waals surface area (Å²) in [5.74, 6) is -0.136. The van der Waals surface area contributed by atoms with Crippen LogP contribution in [0.1, 0.15) is 38.5 Å². The van der Waals surface area contributed by atoms with E-state index < -0.39 is 10.2 Å². The Bertz CT molecular complexity index is 457. The van der Waals surface area contributed by atoms with Gasteiger partial charge in [-0.3, -0.25) is 4.79 Å². The SMILES string of the molecule is Cl.NCC1(NC(=O)C2CCN(S(N)(=O)=O)CC2)CCCC1. The standard InChI is InChI=1S/C12H24N4O3S.ClH/c13-9-12(5-1-2-6-12)15-11(17)10-3-7-16(8-4-10)20(14,18)19;/h10H,1-9,13H2,(H,15,17)(H2,14,18,19);1H. The summed E-state index contributed by atoms with van der Waals surface area (Å²) in [6.07, 6.45) is 5.10. The predicted octanol–water partition coefficient (Wildman–Crippen LogP) is -0.289. The summed E-state index contributed by atoms with van der Waals surface area (Å²) >= 11 is 0. The molecule has 1 aliphatic heterocycles. The van der Waals surface area contributed by atoms with Crippen LogP contribution in [0, 0.1) is 5.92 Å². The fourth-order valence-corrected chi connectivity index (χ4v) is 3.89. The Morgan fingerprint density at radius 2 is 1.76 bits per heavy atom. The number of piperidine rings is 1. The molecule has 1 amide bonds. The summed E-state index contributed by atoms with van der Waals surface area (Å²) < 4.78 is 23.7. The second-order valence-corrected chi connectivity index (χ2v) is 7.45. The van der Waals surface area contributed by atoms with E-state index in [2.05, 4.69) is 5.32 Å². The molecule has 2 fully saturated rings. The predicted molar refractivity (Wildman–Crippen MR) is 83.0 cm³/mol. The second kappa shape index (κ2) is 7.23. The molecule has 1 saturated heterocycles. The molecule has 1 saturated carbocycles. The van der Waals surface area contributed by atoms with E-state index in [9.17, 15) is 13.2 Å². The molecule has 0 bridgehead atoms. The molecule has 0 radical (unpaired) electrons. The maximum absolute atomic E-state index is 12.3. The van der Waals surface area contributed by atoms with Crippen LogP contribution in [0.5, 0.6) is 0 Å². The number of carbonyl (C=O) groups excluding carboxylic acids is 1. The molecule has 0 atom stereocenters. The van der Waals surface area contributed by atoms with E-state index in [0.717, 1.165) is 25.7 Å². The van der Waals surface area contributed by atoms with Crippen molar-refractivity contribution in [1.29, 1.82) is 0 Å². The number of nitrogens with one attached hydrogen (secondary N) is 1. The van der Waals surface area contributed by atoms with Crippen LogP contribution in [0.3, 0.4) is 0 Å². The molecule has 2 aliphatic rings. The number of halogens is 1. The average Bonchev–Trinajstić information content (AvgIpc) is 2.87. The Labute approximate surface area is 132 Å². The number of hydrogen-bond acceptors (Lipinski definition) is 4.